The van der Waals surface area contributed by atoms with E-state index >= 15 is 0 Å². The first-order valence-electron chi connectivity index (χ1n) is 13.7. The number of rotatable bonds is 23. The van der Waals surface area contributed by atoms with Crippen LogP contribution < -0.4 is 96.3 Å². The number of hydrogen-bond donors (Lipinski definition) is 10. The van der Waals surface area contributed by atoms with Gasteiger partial charge in [-0.2, -0.15) is 34.2 Å². The van der Waals surface area contributed by atoms with Crippen LogP contribution in [0.3, 0.4) is 0 Å². The number of aromatic nitrogens is 7. The van der Waals surface area contributed by atoms with Gasteiger partial charge in [0.1, 0.15) is 11.6 Å². The molecule has 1 atom stereocenters. The van der Waals surface area contributed by atoms with Crippen molar-refractivity contribution >= 4 is 69.5 Å². The summed E-state index contributed by atoms with van der Waals surface area (Å²) >= 11 is 0.770. The Morgan fingerprint density at radius 1 is 0.735 bits per heavy atom. The average molecular weight is 750 g/mol. The Morgan fingerprint density at radius 2 is 1.20 bits per heavy atom. The van der Waals surface area contributed by atoms with E-state index in [9.17, 15) is 23.3 Å². The molecule has 0 amide bonds. The minimum atomic E-state index is -4.49. The normalized spacial score (nSPS) is 11.6. The van der Waals surface area contributed by atoms with Crippen molar-refractivity contribution in [1.82, 2.24) is 34.9 Å². The van der Waals surface area contributed by atoms with E-state index in [1.54, 1.807) is 18.2 Å². The van der Waals surface area contributed by atoms with Crippen molar-refractivity contribution in [1.29, 1.82) is 0 Å². The van der Waals surface area contributed by atoms with Crippen LogP contribution >= 0.6 is 12.0 Å². The van der Waals surface area contributed by atoms with Gasteiger partial charge in [-0.15, -0.1) is 0 Å². The molecule has 0 aliphatic carbocycles. The monoisotopic (exact) mass is 749 g/mol. The van der Waals surface area contributed by atoms with Crippen LogP contribution in [0, 0.1) is 0 Å². The number of anilines is 8. The van der Waals surface area contributed by atoms with Crippen LogP contribution in [0.25, 0.3) is 0 Å². The quantitative estimate of drug-likeness (QED) is 0.00818. The zero-order valence-corrected chi connectivity index (χ0v) is 32.1. The smallest absolute Gasteiger partial charge is 0.748 e. The fraction of sp³-hybridized carbons (Fsp3) is 0.500. The summed E-state index contributed by atoms with van der Waals surface area (Å²) in [4.78, 5) is 29.8. The second kappa shape index (κ2) is 24.2. The first kappa shape index (κ1) is 45.0. The van der Waals surface area contributed by atoms with Gasteiger partial charge >= 0.3 is 59.1 Å². The Kier molecular flexibility index (Phi) is 22.2. The maximum atomic E-state index is 11.0. The first-order chi connectivity index (χ1) is 22.5. The topological polar surface area (TPSA) is 342 Å². The molecule has 0 radical (unpaired) electrons. The summed E-state index contributed by atoms with van der Waals surface area (Å²) in [7, 11) is -4.49. The van der Waals surface area contributed by atoms with E-state index in [2.05, 4.69) is 76.2 Å². The van der Waals surface area contributed by atoms with Gasteiger partial charge in [-0.3, -0.25) is 5.04 Å². The molecule has 0 aliphatic heterocycles. The second-order valence-electron chi connectivity index (χ2n) is 9.09. The molecule has 0 bridgehead atoms. The molecule has 260 valence electrons. The first-order valence-corrected chi connectivity index (χ1v) is 16.2. The Morgan fingerprint density at radius 3 is 1.67 bits per heavy atom. The van der Waals surface area contributed by atoms with E-state index in [0.29, 0.717) is 5.75 Å². The standard InChI is InChI=1S/C22H35N13O10S2.2Na/c36-12-13(37)4-6-23-17-30-19(25-8-10-46-45-44-40)34-21(32-17)28-14-2-1-3-15(27-14)29-22-33-18(24-7-5-16(38)39)31-20(35-22)26-9-11-47(41,42)43;;/h1-3,13,16,36-40H,4-12H2,(H,41,42,43)(H6,23,24,25,26,27,28,29,30,31,32,33,34,35);;/q;2*+1/p-2. The van der Waals surface area contributed by atoms with Crippen molar-refractivity contribution in [3.05, 3.63) is 18.2 Å². The third-order valence-corrected chi connectivity index (χ3v) is 6.56. The van der Waals surface area contributed by atoms with Gasteiger partial charge < -0.3 is 62.1 Å². The number of pyridine rings is 1. The van der Waals surface area contributed by atoms with E-state index in [1.165, 1.54) is 0 Å². The van der Waals surface area contributed by atoms with Gasteiger partial charge in [0, 0.05) is 50.4 Å². The van der Waals surface area contributed by atoms with Crippen LogP contribution in [-0.4, -0.2) is 125 Å². The average Bonchev–Trinajstić information content (AvgIpc) is 3.00. The zero-order valence-electron chi connectivity index (χ0n) is 26.4. The van der Waals surface area contributed by atoms with Crippen molar-refractivity contribution in [2.45, 2.75) is 25.2 Å². The molecular weight excluding hydrogens is 716 g/mol. The van der Waals surface area contributed by atoms with Gasteiger partial charge in [0.2, 0.25) is 35.7 Å². The third-order valence-electron chi connectivity index (χ3n) is 5.34. The molecule has 3 rings (SSSR count). The predicted molar refractivity (Wildman–Crippen MR) is 164 cm³/mol. The Hall–Kier alpha value is -2.05. The summed E-state index contributed by atoms with van der Waals surface area (Å²) in [6.45, 7) is -0.0773. The minimum absolute atomic E-state index is 0. The Labute approximate surface area is 328 Å². The zero-order chi connectivity index (χ0) is 34.1. The summed E-state index contributed by atoms with van der Waals surface area (Å²) in [5, 5.41) is 67.3. The van der Waals surface area contributed by atoms with E-state index in [-0.39, 0.29) is 145 Å². The van der Waals surface area contributed by atoms with Crippen molar-refractivity contribution in [3.8, 4) is 0 Å². The van der Waals surface area contributed by atoms with Crippen LogP contribution in [0.1, 0.15) is 12.8 Å². The molecule has 0 spiro atoms. The molecule has 0 aliphatic rings. The number of aliphatic hydroxyl groups excluding tert-OH is 3. The molecule has 3 heterocycles. The Balaban J connectivity index is 0.00000600. The van der Waals surface area contributed by atoms with E-state index in [4.69, 9.17) is 15.3 Å². The second-order valence-corrected chi connectivity index (χ2v) is 11.4. The summed E-state index contributed by atoms with van der Waals surface area (Å²) in [6.07, 6.45) is -2.31. The minimum Gasteiger partial charge on any atom is -0.748 e. The molecule has 0 saturated carbocycles. The number of nitrogens with one attached hydrogen (secondary N) is 6. The summed E-state index contributed by atoms with van der Waals surface area (Å²) in [5.41, 5.74) is 0. The van der Waals surface area contributed by atoms with Crippen LogP contribution in [0.15, 0.2) is 18.2 Å². The van der Waals surface area contributed by atoms with E-state index in [0.717, 1.165) is 12.0 Å². The molecule has 1 unspecified atom stereocenters. The number of nitrogens with zero attached hydrogens (tertiary/aromatic N) is 7. The molecule has 23 nitrogen and oxygen atoms in total. The summed E-state index contributed by atoms with van der Waals surface area (Å²) in [6, 6.07) is 4.84. The SMILES string of the molecule is O=S(=O)([O-])CCNc1nc(NCCC(O)O)nc(Nc2cccc(Nc3nc(NCCSOO[O-])nc(NCCC(O)CO)n3)n2)n1.[Na+].[Na+]. The molecule has 3 aromatic heterocycles. The molecule has 0 aromatic carbocycles. The molecule has 27 heteroatoms. The fourth-order valence-electron chi connectivity index (χ4n) is 3.28. The van der Waals surface area contributed by atoms with Crippen LogP contribution in [-0.2, 0) is 19.5 Å². The summed E-state index contributed by atoms with van der Waals surface area (Å²) in [5.74, 6) is 0.371. The van der Waals surface area contributed by atoms with Crippen molar-refractivity contribution in [2.24, 2.45) is 0 Å². The summed E-state index contributed by atoms with van der Waals surface area (Å²) < 4.78 is 37.1. The molecule has 10 N–H and O–H groups in total. The van der Waals surface area contributed by atoms with Crippen LogP contribution in [0.4, 0.5) is 47.3 Å². The predicted octanol–water partition coefficient (Wildman–Crippen LogP) is -8.54. The molecule has 0 saturated heterocycles. The van der Waals surface area contributed by atoms with Gasteiger partial charge in [0.15, 0.2) is 6.29 Å². The van der Waals surface area contributed by atoms with Gasteiger partial charge in [-0.1, -0.05) is 6.07 Å². The maximum absolute atomic E-state index is 11.0. The molecule has 3 aromatic rings. The van der Waals surface area contributed by atoms with Crippen LogP contribution in [0.2, 0.25) is 0 Å². The molecular formula is C22H33N13Na2O10S2. The van der Waals surface area contributed by atoms with Crippen LogP contribution in [0.5, 0.6) is 0 Å². The number of hydrogen-bond acceptors (Lipinski definition) is 24. The van der Waals surface area contributed by atoms with Gasteiger partial charge in [-0.25, -0.2) is 13.4 Å². The maximum Gasteiger partial charge on any atom is 1.00 e. The van der Waals surface area contributed by atoms with Gasteiger partial charge in [-0.05, 0) is 18.6 Å². The van der Waals surface area contributed by atoms with Crippen molar-refractivity contribution < 1.29 is 107 Å². The van der Waals surface area contributed by atoms with Crippen molar-refractivity contribution in [3.63, 3.8) is 0 Å². The van der Waals surface area contributed by atoms with Gasteiger partial charge in [0.05, 0.1) is 28.6 Å². The van der Waals surface area contributed by atoms with Crippen molar-refractivity contribution in [2.75, 3.05) is 76.2 Å². The largest absolute Gasteiger partial charge is 1.00 e. The van der Waals surface area contributed by atoms with Gasteiger partial charge in [0.25, 0.3) is 0 Å². The molecule has 0 fully saturated rings. The van der Waals surface area contributed by atoms with E-state index < -0.39 is 34.9 Å². The third kappa shape index (κ3) is 19.2. The fourth-order valence-corrected chi connectivity index (χ4v) is 3.93. The van der Waals surface area contributed by atoms with E-state index in [1.807, 2.05) is 0 Å². The molecule has 49 heavy (non-hydrogen) atoms. The Bertz CT molecular complexity index is 1510. The number of aliphatic hydroxyl groups is 4.